The van der Waals surface area contributed by atoms with Crippen molar-refractivity contribution in [2.45, 2.75) is 51.3 Å². The van der Waals surface area contributed by atoms with Gasteiger partial charge in [-0.05, 0) is 43.2 Å². The van der Waals surface area contributed by atoms with Crippen LogP contribution in [0, 0.1) is 18.2 Å². The van der Waals surface area contributed by atoms with Gasteiger partial charge >= 0.3 is 0 Å². The minimum absolute atomic E-state index is 0.0247. The molecule has 0 bridgehead atoms. The molecule has 3 rings (SSSR count). The predicted molar refractivity (Wildman–Crippen MR) is 138 cm³/mol. The molecule has 1 saturated heterocycles. The average molecular weight is 548 g/mol. The lowest BCUT2D eigenvalue weighted by Crippen LogP contribution is -2.57. The molecule has 8 nitrogen and oxygen atoms in total. The number of rotatable bonds is 9. The standard InChI is InChI=1S/C28H32F3N3O5/c1-5-12-32-25(38)23-27(3,4)28(30,31)15-34(23)26(39)22(36)20(14-17-8-6-9-18(29)13-17)33-24(37)19-10-7-11-21(35)16(19)2/h5-11,13,20,22-23,35-36H,1,12,14-15H2,2-4H3,(H,32,38)(H,33,37). The van der Waals surface area contributed by atoms with Crippen LogP contribution >= 0.6 is 0 Å². The summed E-state index contributed by atoms with van der Waals surface area (Å²) in [7, 11) is 0. The smallest absolute Gasteiger partial charge is 0.272 e. The monoisotopic (exact) mass is 547 g/mol. The Labute approximate surface area is 224 Å². The van der Waals surface area contributed by atoms with Gasteiger partial charge in [0.2, 0.25) is 5.91 Å². The maximum Gasteiger partial charge on any atom is 0.272 e. The third-order valence-corrected chi connectivity index (χ3v) is 7.10. The van der Waals surface area contributed by atoms with Gasteiger partial charge in [0, 0.05) is 17.7 Å². The Hall–Kier alpha value is -3.86. The van der Waals surface area contributed by atoms with Crippen LogP contribution in [0.15, 0.2) is 55.1 Å². The van der Waals surface area contributed by atoms with E-state index in [2.05, 4.69) is 17.2 Å². The molecule has 0 aromatic heterocycles. The molecular weight excluding hydrogens is 515 g/mol. The summed E-state index contributed by atoms with van der Waals surface area (Å²) < 4.78 is 43.9. The second-order valence-corrected chi connectivity index (χ2v) is 10.1. The lowest BCUT2D eigenvalue weighted by atomic mass is 9.81. The van der Waals surface area contributed by atoms with Crippen molar-refractivity contribution in [1.82, 2.24) is 15.5 Å². The van der Waals surface area contributed by atoms with Crippen LogP contribution in [0.25, 0.3) is 0 Å². The maximum absolute atomic E-state index is 15.0. The first-order chi connectivity index (χ1) is 18.2. The molecule has 0 saturated carbocycles. The molecule has 0 spiro atoms. The number of nitrogens with zero attached hydrogens (tertiary/aromatic N) is 1. The Balaban J connectivity index is 1.97. The molecule has 210 valence electrons. The van der Waals surface area contributed by atoms with Gasteiger partial charge in [0.05, 0.1) is 18.0 Å². The van der Waals surface area contributed by atoms with Crippen molar-refractivity contribution in [3.8, 4) is 5.75 Å². The summed E-state index contributed by atoms with van der Waals surface area (Å²) in [6.07, 6.45) is -0.962. The number of hydrogen-bond donors (Lipinski definition) is 4. The number of aromatic hydroxyl groups is 1. The normalized spacial score (nSPS) is 19.2. The zero-order valence-corrected chi connectivity index (χ0v) is 21.9. The summed E-state index contributed by atoms with van der Waals surface area (Å²) >= 11 is 0. The van der Waals surface area contributed by atoms with Crippen LogP contribution in [-0.4, -0.2) is 70.0 Å². The number of carbonyl (C=O) groups excluding carboxylic acids is 3. The van der Waals surface area contributed by atoms with Crippen LogP contribution in [0.5, 0.6) is 5.75 Å². The summed E-state index contributed by atoms with van der Waals surface area (Å²) in [5.41, 5.74) is -1.38. The third-order valence-electron chi connectivity index (χ3n) is 7.10. The minimum atomic E-state index is -3.47. The number of hydrogen-bond acceptors (Lipinski definition) is 5. The number of benzene rings is 2. The predicted octanol–water partition coefficient (Wildman–Crippen LogP) is 2.72. The van der Waals surface area contributed by atoms with Gasteiger partial charge in [0.25, 0.3) is 17.7 Å². The SMILES string of the molecule is C=CCNC(=O)C1N(C(=O)C(O)C(Cc2cccc(F)c2)NC(=O)c2cccc(O)c2C)CC(F)(F)C1(C)C. The Morgan fingerprint density at radius 2 is 1.87 bits per heavy atom. The van der Waals surface area contributed by atoms with Gasteiger partial charge in [-0.25, -0.2) is 13.2 Å². The minimum Gasteiger partial charge on any atom is -0.508 e. The average Bonchev–Trinajstić information content (AvgIpc) is 3.06. The largest absolute Gasteiger partial charge is 0.508 e. The number of nitrogens with one attached hydrogen (secondary N) is 2. The summed E-state index contributed by atoms with van der Waals surface area (Å²) in [4.78, 5) is 40.1. The van der Waals surface area contributed by atoms with Gasteiger partial charge in [-0.2, -0.15) is 0 Å². The topological polar surface area (TPSA) is 119 Å². The molecule has 4 N–H and O–H groups in total. The van der Waals surface area contributed by atoms with Crippen LogP contribution in [-0.2, 0) is 16.0 Å². The third kappa shape index (κ3) is 6.08. The Bertz CT molecular complexity index is 1270. The molecule has 3 amide bonds. The molecule has 1 fully saturated rings. The zero-order valence-electron chi connectivity index (χ0n) is 21.9. The van der Waals surface area contributed by atoms with Crippen LogP contribution < -0.4 is 10.6 Å². The van der Waals surface area contributed by atoms with E-state index in [1.54, 1.807) is 0 Å². The highest BCUT2D eigenvalue weighted by atomic mass is 19.3. The van der Waals surface area contributed by atoms with E-state index in [-0.39, 0.29) is 29.8 Å². The van der Waals surface area contributed by atoms with E-state index < -0.39 is 59.6 Å². The van der Waals surface area contributed by atoms with E-state index in [4.69, 9.17) is 0 Å². The first kappa shape index (κ1) is 29.7. The van der Waals surface area contributed by atoms with Crippen molar-refractivity contribution in [2.24, 2.45) is 5.41 Å². The summed E-state index contributed by atoms with van der Waals surface area (Å²) in [5, 5.41) is 26.1. The van der Waals surface area contributed by atoms with Crippen molar-refractivity contribution < 1.29 is 37.8 Å². The highest BCUT2D eigenvalue weighted by Gasteiger charge is 2.64. The molecule has 2 aromatic carbocycles. The number of aliphatic hydroxyl groups is 1. The lowest BCUT2D eigenvalue weighted by molar-refractivity contribution is -0.148. The maximum atomic E-state index is 15.0. The second-order valence-electron chi connectivity index (χ2n) is 10.1. The molecule has 3 atom stereocenters. The van der Waals surface area contributed by atoms with Crippen molar-refractivity contribution in [2.75, 3.05) is 13.1 Å². The van der Waals surface area contributed by atoms with Gasteiger partial charge in [-0.15, -0.1) is 6.58 Å². The van der Waals surface area contributed by atoms with Crippen LogP contribution in [0.3, 0.4) is 0 Å². The van der Waals surface area contributed by atoms with Crippen LogP contribution in [0.4, 0.5) is 13.2 Å². The first-order valence-electron chi connectivity index (χ1n) is 12.3. The second kappa shape index (κ2) is 11.5. The van der Waals surface area contributed by atoms with Crippen LogP contribution in [0.1, 0.15) is 35.3 Å². The van der Waals surface area contributed by atoms with Crippen molar-refractivity contribution >= 4 is 17.7 Å². The van der Waals surface area contributed by atoms with Gasteiger partial charge in [-0.1, -0.05) is 38.1 Å². The fourth-order valence-corrected chi connectivity index (χ4v) is 4.66. The number of carbonyl (C=O) groups is 3. The molecular formula is C28H32F3N3O5. The molecule has 0 aliphatic carbocycles. The van der Waals surface area contributed by atoms with E-state index in [1.807, 2.05) is 0 Å². The Morgan fingerprint density at radius 3 is 2.51 bits per heavy atom. The zero-order chi connectivity index (χ0) is 29.1. The highest BCUT2D eigenvalue weighted by Crippen LogP contribution is 2.48. The van der Waals surface area contributed by atoms with Crippen molar-refractivity contribution in [1.29, 1.82) is 0 Å². The molecule has 2 aromatic rings. The van der Waals surface area contributed by atoms with Crippen LogP contribution in [0.2, 0.25) is 0 Å². The summed E-state index contributed by atoms with van der Waals surface area (Å²) in [6, 6.07) is 6.45. The van der Waals surface area contributed by atoms with E-state index in [1.165, 1.54) is 49.4 Å². The number of alkyl halides is 2. The van der Waals surface area contributed by atoms with Gasteiger partial charge in [0.1, 0.15) is 17.6 Å². The van der Waals surface area contributed by atoms with E-state index >= 15 is 8.78 Å². The molecule has 1 heterocycles. The number of likely N-dealkylation sites (tertiary alicyclic amines) is 1. The first-order valence-corrected chi connectivity index (χ1v) is 12.3. The Morgan fingerprint density at radius 1 is 1.21 bits per heavy atom. The molecule has 1 aliphatic rings. The van der Waals surface area contributed by atoms with E-state index in [0.717, 1.165) is 19.9 Å². The number of halogens is 3. The molecule has 1 aliphatic heterocycles. The summed E-state index contributed by atoms with van der Waals surface area (Å²) in [6.45, 7) is 6.12. The van der Waals surface area contributed by atoms with Gasteiger partial charge in [0.15, 0.2) is 6.10 Å². The van der Waals surface area contributed by atoms with Crippen molar-refractivity contribution in [3.63, 3.8) is 0 Å². The van der Waals surface area contributed by atoms with Crippen molar-refractivity contribution in [3.05, 3.63) is 77.6 Å². The van der Waals surface area contributed by atoms with E-state index in [9.17, 15) is 29.0 Å². The number of phenolic OH excluding ortho intramolecular Hbond substituents is 1. The molecule has 11 heteroatoms. The quantitative estimate of drug-likeness (QED) is 0.360. The molecule has 0 radical (unpaired) electrons. The van der Waals surface area contributed by atoms with Gasteiger partial charge in [-0.3, -0.25) is 14.4 Å². The number of amides is 3. The fourth-order valence-electron chi connectivity index (χ4n) is 4.66. The number of phenols is 1. The Kier molecular flexibility index (Phi) is 8.74. The summed E-state index contributed by atoms with van der Waals surface area (Å²) in [5.74, 6) is -7.03. The fraction of sp³-hybridized carbons (Fsp3) is 0.393. The number of aliphatic hydroxyl groups excluding tert-OH is 1. The molecule has 3 unspecified atom stereocenters. The molecule has 39 heavy (non-hydrogen) atoms. The highest BCUT2D eigenvalue weighted by molar-refractivity contribution is 5.97. The van der Waals surface area contributed by atoms with E-state index in [0.29, 0.717) is 10.5 Å². The lowest BCUT2D eigenvalue weighted by Gasteiger charge is -2.34. The van der Waals surface area contributed by atoms with Gasteiger partial charge < -0.3 is 25.7 Å².